The van der Waals surface area contributed by atoms with Gasteiger partial charge in [0.25, 0.3) is 0 Å². The van der Waals surface area contributed by atoms with Gasteiger partial charge in [0, 0.05) is 6.04 Å². The summed E-state index contributed by atoms with van der Waals surface area (Å²) in [7, 11) is 0. The van der Waals surface area contributed by atoms with Gasteiger partial charge < -0.3 is 15.2 Å². The third kappa shape index (κ3) is 4.07. The summed E-state index contributed by atoms with van der Waals surface area (Å²) in [5.41, 5.74) is 6.77. The van der Waals surface area contributed by atoms with Gasteiger partial charge in [-0.15, -0.1) is 0 Å². The molecule has 0 aromatic heterocycles. The predicted octanol–water partition coefficient (Wildman–Crippen LogP) is 2.04. The number of nitrogens with two attached hydrogens (primary N) is 1. The van der Waals surface area contributed by atoms with Gasteiger partial charge in [0.15, 0.2) is 6.10 Å². The van der Waals surface area contributed by atoms with Crippen molar-refractivity contribution in [3.05, 3.63) is 29.8 Å². The molecule has 0 heterocycles. The van der Waals surface area contributed by atoms with Gasteiger partial charge in [-0.05, 0) is 38.5 Å². The lowest BCUT2D eigenvalue weighted by Crippen LogP contribution is -2.26. The Balaban J connectivity index is 2.60. The first-order valence-electron chi connectivity index (χ1n) is 5.73. The summed E-state index contributed by atoms with van der Waals surface area (Å²) in [4.78, 5) is 11.4. The molecule has 0 bridgehead atoms. The SMILES string of the molecule is CCOC(=O)C(C)Oc1ccc(C(C)N)cc1. The van der Waals surface area contributed by atoms with Crippen LogP contribution in [0.2, 0.25) is 0 Å². The number of rotatable bonds is 5. The molecule has 4 heteroatoms. The van der Waals surface area contributed by atoms with E-state index >= 15 is 0 Å². The Bertz CT molecular complexity index is 359. The number of esters is 1. The van der Waals surface area contributed by atoms with Gasteiger partial charge in [-0.2, -0.15) is 0 Å². The Hall–Kier alpha value is -1.55. The molecule has 1 aromatic rings. The van der Waals surface area contributed by atoms with Gasteiger partial charge in [-0.1, -0.05) is 12.1 Å². The molecule has 94 valence electrons. The first kappa shape index (κ1) is 13.5. The molecule has 2 N–H and O–H groups in total. The number of carbonyl (C=O) groups is 1. The smallest absolute Gasteiger partial charge is 0.347 e. The van der Waals surface area contributed by atoms with Crippen LogP contribution < -0.4 is 10.5 Å². The van der Waals surface area contributed by atoms with Crippen molar-refractivity contribution in [2.24, 2.45) is 5.73 Å². The van der Waals surface area contributed by atoms with Gasteiger partial charge in [0.05, 0.1) is 6.61 Å². The zero-order chi connectivity index (χ0) is 12.8. The standard InChI is InChI=1S/C13H19NO3/c1-4-16-13(15)10(3)17-12-7-5-11(6-8-12)9(2)14/h5-10H,4,14H2,1-3H3. The maximum absolute atomic E-state index is 11.4. The fraction of sp³-hybridized carbons (Fsp3) is 0.462. The van der Waals surface area contributed by atoms with Gasteiger partial charge >= 0.3 is 5.97 Å². The number of hydrogen-bond acceptors (Lipinski definition) is 4. The van der Waals surface area contributed by atoms with E-state index in [1.807, 2.05) is 19.1 Å². The quantitative estimate of drug-likeness (QED) is 0.796. The van der Waals surface area contributed by atoms with Crippen LogP contribution in [0.4, 0.5) is 0 Å². The van der Waals surface area contributed by atoms with Crippen molar-refractivity contribution in [1.29, 1.82) is 0 Å². The molecule has 4 nitrogen and oxygen atoms in total. The summed E-state index contributed by atoms with van der Waals surface area (Å²) in [5, 5.41) is 0. The van der Waals surface area contributed by atoms with Crippen molar-refractivity contribution in [2.45, 2.75) is 32.9 Å². The lowest BCUT2D eigenvalue weighted by molar-refractivity contribution is -0.150. The first-order chi connectivity index (χ1) is 8.04. The summed E-state index contributed by atoms with van der Waals surface area (Å²) in [5.74, 6) is 0.277. The molecular weight excluding hydrogens is 218 g/mol. The Labute approximate surface area is 102 Å². The van der Waals surface area contributed by atoms with Crippen LogP contribution in [0.5, 0.6) is 5.75 Å². The number of ether oxygens (including phenoxy) is 2. The average Bonchev–Trinajstić information content (AvgIpc) is 2.30. The molecule has 2 unspecified atom stereocenters. The molecule has 1 rings (SSSR count). The van der Waals surface area contributed by atoms with Crippen molar-refractivity contribution in [3.8, 4) is 5.75 Å². The molecule has 0 fully saturated rings. The van der Waals surface area contributed by atoms with E-state index in [0.717, 1.165) is 5.56 Å². The highest BCUT2D eigenvalue weighted by atomic mass is 16.6. The van der Waals surface area contributed by atoms with Gasteiger partial charge in [0.2, 0.25) is 0 Å². The highest BCUT2D eigenvalue weighted by Gasteiger charge is 2.15. The largest absolute Gasteiger partial charge is 0.479 e. The van der Waals surface area contributed by atoms with E-state index in [2.05, 4.69) is 0 Å². The number of benzene rings is 1. The second-order valence-corrected chi connectivity index (χ2v) is 3.87. The Morgan fingerprint density at radius 1 is 1.29 bits per heavy atom. The molecule has 1 aromatic carbocycles. The topological polar surface area (TPSA) is 61.5 Å². The van der Waals surface area contributed by atoms with Crippen LogP contribution in [0.25, 0.3) is 0 Å². The van der Waals surface area contributed by atoms with Crippen molar-refractivity contribution < 1.29 is 14.3 Å². The summed E-state index contributed by atoms with van der Waals surface area (Å²) < 4.78 is 10.3. The minimum Gasteiger partial charge on any atom is -0.479 e. The van der Waals surface area contributed by atoms with Crippen LogP contribution >= 0.6 is 0 Å². The fourth-order valence-electron chi connectivity index (χ4n) is 1.36. The van der Waals surface area contributed by atoms with Gasteiger partial charge in [-0.25, -0.2) is 4.79 Å². The highest BCUT2D eigenvalue weighted by Crippen LogP contribution is 2.17. The van der Waals surface area contributed by atoms with Gasteiger partial charge in [0.1, 0.15) is 5.75 Å². The Morgan fingerprint density at radius 3 is 2.35 bits per heavy atom. The van der Waals surface area contributed by atoms with Crippen LogP contribution in [-0.4, -0.2) is 18.7 Å². The Kier molecular flexibility index (Phi) is 4.97. The van der Waals surface area contributed by atoms with Gasteiger partial charge in [-0.3, -0.25) is 0 Å². The molecule has 0 aliphatic rings. The molecule has 0 aliphatic carbocycles. The van der Waals surface area contributed by atoms with Crippen LogP contribution in [0, 0.1) is 0 Å². The van der Waals surface area contributed by atoms with E-state index in [9.17, 15) is 4.79 Å². The predicted molar refractivity (Wildman–Crippen MR) is 65.8 cm³/mol. The summed E-state index contributed by atoms with van der Waals surface area (Å²) in [6, 6.07) is 7.37. The van der Waals surface area contributed by atoms with Crippen molar-refractivity contribution in [1.82, 2.24) is 0 Å². The van der Waals surface area contributed by atoms with Crippen LogP contribution in [0.15, 0.2) is 24.3 Å². The molecule has 0 saturated carbocycles. The molecule has 0 amide bonds. The van der Waals surface area contributed by atoms with E-state index in [-0.39, 0.29) is 12.0 Å². The van der Waals surface area contributed by atoms with E-state index in [1.54, 1.807) is 26.0 Å². The molecule has 17 heavy (non-hydrogen) atoms. The lowest BCUT2D eigenvalue weighted by Gasteiger charge is -2.14. The number of hydrogen-bond donors (Lipinski definition) is 1. The van der Waals surface area contributed by atoms with Crippen molar-refractivity contribution in [2.75, 3.05) is 6.61 Å². The van der Waals surface area contributed by atoms with E-state index in [4.69, 9.17) is 15.2 Å². The second kappa shape index (κ2) is 6.25. The van der Waals surface area contributed by atoms with Crippen molar-refractivity contribution in [3.63, 3.8) is 0 Å². The van der Waals surface area contributed by atoms with Crippen LogP contribution in [0.1, 0.15) is 32.4 Å². The van der Waals surface area contributed by atoms with Crippen LogP contribution in [0.3, 0.4) is 0 Å². The molecule has 0 radical (unpaired) electrons. The molecule has 0 saturated heterocycles. The van der Waals surface area contributed by atoms with Crippen molar-refractivity contribution >= 4 is 5.97 Å². The molecule has 0 aliphatic heterocycles. The summed E-state index contributed by atoms with van der Waals surface area (Å²) in [6.07, 6.45) is -0.601. The second-order valence-electron chi connectivity index (χ2n) is 3.87. The summed E-state index contributed by atoms with van der Waals surface area (Å²) >= 11 is 0. The van der Waals surface area contributed by atoms with E-state index in [1.165, 1.54) is 0 Å². The molecular formula is C13H19NO3. The zero-order valence-electron chi connectivity index (χ0n) is 10.5. The zero-order valence-corrected chi connectivity index (χ0v) is 10.5. The maximum Gasteiger partial charge on any atom is 0.347 e. The summed E-state index contributed by atoms with van der Waals surface area (Å²) in [6.45, 7) is 5.70. The third-order valence-corrected chi connectivity index (χ3v) is 2.34. The minimum atomic E-state index is -0.601. The minimum absolute atomic E-state index is 0.00784. The number of carbonyl (C=O) groups excluding carboxylic acids is 1. The highest BCUT2D eigenvalue weighted by molar-refractivity contribution is 5.74. The fourth-order valence-corrected chi connectivity index (χ4v) is 1.36. The van der Waals surface area contributed by atoms with E-state index in [0.29, 0.717) is 12.4 Å². The average molecular weight is 237 g/mol. The monoisotopic (exact) mass is 237 g/mol. The third-order valence-electron chi connectivity index (χ3n) is 2.34. The molecule has 0 spiro atoms. The Morgan fingerprint density at radius 2 is 1.88 bits per heavy atom. The molecule has 2 atom stereocenters. The maximum atomic E-state index is 11.4. The first-order valence-corrected chi connectivity index (χ1v) is 5.73. The normalized spacial score (nSPS) is 13.9. The van der Waals surface area contributed by atoms with E-state index < -0.39 is 6.10 Å². The van der Waals surface area contributed by atoms with Crippen LogP contribution in [-0.2, 0) is 9.53 Å². The lowest BCUT2D eigenvalue weighted by atomic mass is 10.1.